The highest BCUT2D eigenvalue weighted by molar-refractivity contribution is 6.30. The van der Waals surface area contributed by atoms with E-state index >= 15 is 0 Å². The molecule has 156 valence electrons. The summed E-state index contributed by atoms with van der Waals surface area (Å²) in [5.74, 6) is -1.37. The van der Waals surface area contributed by atoms with E-state index in [0.29, 0.717) is 10.9 Å². The van der Waals surface area contributed by atoms with Gasteiger partial charge in [0.1, 0.15) is 12.4 Å². The van der Waals surface area contributed by atoms with E-state index in [2.05, 4.69) is 10.4 Å². The van der Waals surface area contributed by atoms with Gasteiger partial charge in [0.05, 0.1) is 10.5 Å². The summed E-state index contributed by atoms with van der Waals surface area (Å²) in [6.45, 7) is -0.155. The van der Waals surface area contributed by atoms with Gasteiger partial charge in [0, 0.05) is 23.5 Å². The second-order valence-corrected chi connectivity index (χ2v) is 7.94. The Morgan fingerprint density at radius 1 is 1.23 bits per heavy atom. The zero-order valence-electron chi connectivity index (χ0n) is 16.1. The lowest BCUT2D eigenvalue weighted by Crippen LogP contribution is -2.34. The van der Waals surface area contributed by atoms with Crippen LogP contribution in [0.2, 0.25) is 5.02 Å². The number of nitrogens with one attached hydrogen (secondary N) is 1. The van der Waals surface area contributed by atoms with Gasteiger partial charge in [0.25, 0.3) is 5.91 Å². The van der Waals surface area contributed by atoms with Crippen LogP contribution in [0.3, 0.4) is 0 Å². The highest BCUT2D eigenvalue weighted by Crippen LogP contribution is 2.40. The SMILES string of the molecule is NC(=O)c1nn(CC(=O)NCc2cccc(Cl)c2F)c2cccc(C3CC(N)C3)c12. The Kier molecular flexibility index (Phi) is 5.44. The van der Waals surface area contributed by atoms with E-state index in [1.165, 1.54) is 10.7 Å². The van der Waals surface area contributed by atoms with Crippen LogP contribution >= 0.6 is 11.6 Å². The van der Waals surface area contributed by atoms with Crippen molar-refractivity contribution in [1.82, 2.24) is 15.1 Å². The number of benzene rings is 2. The summed E-state index contributed by atoms with van der Waals surface area (Å²) in [7, 11) is 0. The molecule has 2 amide bonds. The first-order valence-corrected chi connectivity index (χ1v) is 9.97. The molecule has 0 aliphatic heterocycles. The molecule has 1 aromatic heterocycles. The number of amides is 2. The molecule has 1 heterocycles. The van der Waals surface area contributed by atoms with Crippen molar-refractivity contribution < 1.29 is 14.0 Å². The summed E-state index contributed by atoms with van der Waals surface area (Å²) in [6, 6.07) is 10.3. The van der Waals surface area contributed by atoms with Crippen LogP contribution in [0.4, 0.5) is 4.39 Å². The van der Waals surface area contributed by atoms with Crippen LogP contribution < -0.4 is 16.8 Å². The molecule has 0 saturated heterocycles. The molecule has 1 aliphatic carbocycles. The molecule has 0 radical (unpaired) electrons. The number of rotatable bonds is 6. The lowest BCUT2D eigenvalue weighted by Gasteiger charge is -2.33. The first-order chi connectivity index (χ1) is 14.3. The third-order valence-corrected chi connectivity index (χ3v) is 5.75. The molecular weight excluding hydrogens is 409 g/mol. The van der Waals surface area contributed by atoms with Gasteiger partial charge in [-0.25, -0.2) is 4.39 Å². The quantitative estimate of drug-likeness (QED) is 0.558. The van der Waals surface area contributed by atoms with Crippen LogP contribution in [-0.2, 0) is 17.9 Å². The van der Waals surface area contributed by atoms with Crippen molar-refractivity contribution >= 4 is 34.3 Å². The summed E-state index contributed by atoms with van der Waals surface area (Å²) in [5.41, 5.74) is 13.5. The minimum Gasteiger partial charge on any atom is -0.364 e. The smallest absolute Gasteiger partial charge is 0.269 e. The average Bonchev–Trinajstić information content (AvgIpc) is 3.06. The number of fused-ring (bicyclic) bond motifs is 1. The normalized spacial score (nSPS) is 18.2. The maximum absolute atomic E-state index is 14.0. The molecular formula is C21H21ClFN5O2. The van der Waals surface area contributed by atoms with Gasteiger partial charge in [-0.3, -0.25) is 14.3 Å². The van der Waals surface area contributed by atoms with Gasteiger partial charge in [0.2, 0.25) is 5.91 Å². The minimum atomic E-state index is -0.656. The van der Waals surface area contributed by atoms with Crippen molar-refractivity contribution in [3.63, 3.8) is 0 Å². The predicted octanol–water partition coefficient (Wildman–Crippen LogP) is 2.45. The van der Waals surface area contributed by atoms with E-state index in [9.17, 15) is 14.0 Å². The molecule has 30 heavy (non-hydrogen) atoms. The Bertz CT molecular complexity index is 1140. The Morgan fingerprint density at radius 3 is 2.67 bits per heavy atom. The average molecular weight is 430 g/mol. The van der Waals surface area contributed by atoms with Crippen molar-refractivity contribution in [3.05, 3.63) is 64.1 Å². The van der Waals surface area contributed by atoms with Crippen LogP contribution in [-0.4, -0.2) is 27.6 Å². The van der Waals surface area contributed by atoms with E-state index in [1.807, 2.05) is 12.1 Å². The third kappa shape index (κ3) is 3.76. The van der Waals surface area contributed by atoms with Crippen LogP contribution in [0.5, 0.6) is 0 Å². The topological polar surface area (TPSA) is 116 Å². The zero-order chi connectivity index (χ0) is 21.4. The highest BCUT2D eigenvalue weighted by atomic mass is 35.5. The molecule has 0 atom stereocenters. The summed E-state index contributed by atoms with van der Waals surface area (Å²) in [4.78, 5) is 24.5. The number of hydrogen-bond donors (Lipinski definition) is 3. The van der Waals surface area contributed by atoms with E-state index in [0.717, 1.165) is 18.4 Å². The lowest BCUT2D eigenvalue weighted by molar-refractivity contribution is -0.121. The Labute approximate surface area is 177 Å². The predicted molar refractivity (Wildman–Crippen MR) is 111 cm³/mol. The lowest BCUT2D eigenvalue weighted by atomic mass is 9.75. The van der Waals surface area contributed by atoms with Gasteiger partial charge in [-0.15, -0.1) is 0 Å². The van der Waals surface area contributed by atoms with Crippen molar-refractivity contribution in [3.8, 4) is 0 Å². The molecule has 1 aliphatic rings. The molecule has 1 saturated carbocycles. The van der Waals surface area contributed by atoms with Crippen LogP contribution in [0, 0.1) is 5.82 Å². The van der Waals surface area contributed by atoms with Crippen molar-refractivity contribution in [2.75, 3.05) is 0 Å². The number of halogens is 2. The van der Waals surface area contributed by atoms with Gasteiger partial charge in [0.15, 0.2) is 5.69 Å². The van der Waals surface area contributed by atoms with Gasteiger partial charge in [-0.2, -0.15) is 5.10 Å². The maximum atomic E-state index is 14.0. The van der Waals surface area contributed by atoms with Gasteiger partial charge in [-0.1, -0.05) is 35.9 Å². The van der Waals surface area contributed by atoms with E-state index in [4.69, 9.17) is 23.1 Å². The van der Waals surface area contributed by atoms with Crippen molar-refractivity contribution in [1.29, 1.82) is 0 Å². The number of carbonyl (C=O) groups is 2. The Morgan fingerprint density at radius 2 is 1.97 bits per heavy atom. The molecule has 9 heteroatoms. The molecule has 1 fully saturated rings. The molecule has 0 bridgehead atoms. The molecule has 0 spiro atoms. The summed E-state index contributed by atoms with van der Waals surface area (Å²) >= 11 is 5.77. The first-order valence-electron chi connectivity index (χ1n) is 9.59. The fourth-order valence-corrected chi connectivity index (χ4v) is 4.07. The van der Waals surface area contributed by atoms with Crippen molar-refractivity contribution in [2.45, 2.75) is 37.9 Å². The zero-order valence-corrected chi connectivity index (χ0v) is 16.8. The van der Waals surface area contributed by atoms with Crippen molar-refractivity contribution in [2.24, 2.45) is 11.5 Å². The molecule has 0 unspecified atom stereocenters. The van der Waals surface area contributed by atoms with Crippen LogP contribution in [0.1, 0.15) is 40.4 Å². The second-order valence-electron chi connectivity index (χ2n) is 7.53. The summed E-state index contributed by atoms with van der Waals surface area (Å²) < 4.78 is 15.5. The molecule has 3 aromatic rings. The van der Waals surface area contributed by atoms with Crippen LogP contribution in [0.25, 0.3) is 10.9 Å². The second kappa shape index (κ2) is 8.04. The Hall–Kier alpha value is -2.97. The van der Waals surface area contributed by atoms with E-state index in [-0.39, 0.29) is 47.2 Å². The number of nitrogens with two attached hydrogens (primary N) is 2. The van der Waals surface area contributed by atoms with Gasteiger partial charge < -0.3 is 16.8 Å². The monoisotopic (exact) mass is 429 g/mol. The standard InChI is InChI=1S/C21H21ClFN5O2/c22-15-5-1-3-11(19(15)23)9-26-17(29)10-28-16-6-2-4-14(12-7-13(24)8-12)18(16)20(27-28)21(25)30/h1-6,12-13H,7-10,24H2,(H2,25,30)(H,26,29). The number of primary amides is 1. The van der Waals surface area contributed by atoms with Gasteiger partial charge >= 0.3 is 0 Å². The number of nitrogens with zero attached hydrogens (tertiary/aromatic N) is 2. The summed E-state index contributed by atoms with van der Waals surface area (Å²) in [5, 5.41) is 7.60. The van der Waals surface area contributed by atoms with Gasteiger partial charge in [-0.05, 0) is 36.5 Å². The van der Waals surface area contributed by atoms with E-state index in [1.54, 1.807) is 18.2 Å². The van der Waals surface area contributed by atoms with E-state index < -0.39 is 11.7 Å². The maximum Gasteiger partial charge on any atom is 0.269 e. The first kappa shape index (κ1) is 20.3. The number of hydrogen-bond acceptors (Lipinski definition) is 4. The number of aromatic nitrogens is 2. The van der Waals surface area contributed by atoms with Crippen LogP contribution in [0.15, 0.2) is 36.4 Å². The minimum absolute atomic E-state index is 0.00541. The highest BCUT2D eigenvalue weighted by Gasteiger charge is 2.31. The third-order valence-electron chi connectivity index (χ3n) is 5.46. The molecule has 7 nitrogen and oxygen atoms in total. The molecule has 5 N–H and O–H groups in total. The Balaban J connectivity index is 1.58. The fraction of sp³-hybridized carbons (Fsp3) is 0.286. The summed E-state index contributed by atoms with van der Waals surface area (Å²) in [6.07, 6.45) is 1.66. The molecule has 4 rings (SSSR count). The molecule has 2 aromatic carbocycles. The largest absolute Gasteiger partial charge is 0.364 e. The fourth-order valence-electron chi connectivity index (χ4n) is 3.87. The number of carbonyl (C=O) groups excluding carboxylic acids is 2.